The molecule has 7 nitrogen and oxygen atoms in total. The molecule has 1 saturated heterocycles. The predicted octanol–water partition coefficient (Wildman–Crippen LogP) is 0.763. The summed E-state index contributed by atoms with van der Waals surface area (Å²) in [5, 5.41) is 11.5. The number of rotatable bonds is 1. The van der Waals surface area contributed by atoms with Crippen LogP contribution in [-0.4, -0.2) is 33.1 Å². The number of piperidine rings is 1. The number of carbonyl (C=O) groups excluding carboxylic acids is 3. The Morgan fingerprint density at radius 2 is 2.09 bits per heavy atom. The molecule has 114 valence electrons. The second-order valence-electron chi connectivity index (χ2n) is 4.75. The van der Waals surface area contributed by atoms with E-state index < -0.39 is 23.3 Å². The van der Waals surface area contributed by atoms with Crippen molar-refractivity contribution in [1.82, 2.24) is 15.2 Å². The summed E-state index contributed by atoms with van der Waals surface area (Å²) in [6, 6.07) is 5.33. The van der Waals surface area contributed by atoms with Crippen LogP contribution in [0.1, 0.15) is 42.7 Å². The molecular weight excluding hydrogens is 284 g/mol. The summed E-state index contributed by atoms with van der Waals surface area (Å²) >= 11 is 0. The van der Waals surface area contributed by atoms with Crippen LogP contribution in [0.15, 0.2) is 18.3 Å². The van der Waals surface area contributed by atoms with E-state index in [1.54, 1.807) is 12.1 Å². The van der Waals surface area contributed by atoms with Crippen LogP contribution in [0, 0.1) is 11.3 Å². The van der Waals surface area contributed by atoms with Crippen LogP contribution >= 0.6 is 0 Å². The van der Waals surface area contributed by atoms with E-state index in [1.165, 1.54) is 11.1 Å². The van der Waals surface area contributed by atoms with Crippen LogP contribution in [-0.2, 0) is 16.1 Å². The summed E-state index contributed by atoms with van der Waals surface area (Å²) in [6.07, 6.45) is 1.53. The molecule has 0 radical (unpaired) electrons. The van der Waals surface area contributed by atoms with Crippen LogP contribution in [0.5, 0.6) is 0 Å². The number of amides is 3. The number of pyridine rings is 1. The van der Waals surface area contributed by atoms with Crippen LogP contribution < -0.4 is 5.32 Å². The summed E-state index contributed by atoms with van der Waals surface area (Å²) in [5.41, 5.74) is -0.699. The van der Waals surface area contributed by atoms with Gasteiger partial charge in [-0.05, 0) is 6.07 Å². The van der Waals surface area contributed by atoms with Gasteiger partial charge in [0.1, 0.15) is 11.8 Å². The van der Waals surface area contributed by atoms with Crippen molar-refractivity contribution in [2.75, 3.05) is 0 Å². The Morgan fingerprint density at radius 3 is 2.68 bits per heavy atom. The smallest absolute Gasteiger partial charge is 0.274 e. The molecule has 0 bridgehead atoms. The third kappa shape index (κ3) is 2.22. The highest BCUT2D eigenvalue weighted by Crippen LogP contribution is 2.32. The van der Waals surface area contributed by atoms with Gasteiger partial charge in [0.2, 0.25) is 11.4 Å². The second kappa shape index (κ2) is 5.93. The zero-order valence-corrected chi connectivity index (χ0v) is 12.4. The lowest BCUT2D eigenvalue weighted by Gasteiger charge is -2.36. The molecule has 22 heavy (non-hydrogen) atoms. The third-order valence-electron chi connectivity index (χ3n) is 3.66. The first-order valence-electron chi connectivity index (χ1n) is 7.10. The van der Waals surface area contributed by atoms with E-state index in [-0.39, 0.29) is 25.1 Å². The summed E-state index contributed by atoms with van der Waals surface area (Å²) in [5.74, 6) is -1.62. The van der Waals surface area contributed by atoms with Gasteiger partial charge in [-0.15, -0.1) is 0 Å². The quantitative estimate of drug-likeness (QED) is 0.771. The SMILES string of the molecule is CC.N#CC1(N2Cc3cccnc3C2=O)CCC(=O)NC1=O. The van der Waals surface area contributed by atoms with E-state index in [0.29, 0.717) is 5.56 Å². The highest BCUT2D eigenvalue weighted by Gasteiger charge is 2.52. The van der Waals surface area contributed by atoms with Crippen molar-refractivity contribution in [2.24, 2.45) is 0 Å². The summed E-state index contributed by atoms with van der Waals surface area (Å²) in [7, 11) is 0. The molecule has 1 unspecified atom stereocenters. The van der Waals surface area contributed by atoms with Crippen molar-refractivity contribution < 1.29 is 14.4 Å². The standard InChI is InChI=1S/C13H10N4O3.C2H6/c14-7-13(4-3-9(18)16-12(13)20)17-6-8-2-1-5-15-10(8)11(17)19;1-2/h1-2,5H,3-4,6H2,(H,16,18,20);1-2H3. The first-order chi connectivity index (χ1) is 10.6. The Bertz CT molecular complexity index is 680. The largest absolute Gasteiger partial charge is 0.306 e. The Kier molecular flexibility index (Phi) is 4.22. The number of imide groups is 1. The monoisotopic (exact) mass is 300 g/mol. The fourth-order valence-corrected chi connectivity index (χ4v) is 2.56. The molecular formula is C15H16N4O3. The molecule has 3 amide bonds. The fraction of sp³-hybridized carbons (Fsp3) is 0.400. The van der Waals surface area contributed by atoms with E-state index in [0.717, 1.165) is 0 Å². The molecule has 1 atom stereocenters. The lowest BCUT2D eigenvalue weighted by Crippen LogP contribution is -2.62. The van der Waals surface area contributed by atoms with Crippen LogP contribution in [0.25, 0.3) is 0 Å². The molecule has 1 aromatic rings. The summed E-state index contributed by atoms with van der Waals surface area (Å²) in [6.45, 7) is 4.15. The lowest BCUT2D eigenvalue weighted by molar-refractivity contribution is -0.140. The van der Waals surface area contributed by atoms with Gasteiger partial charge in [-0.25, -0.2) is 0 Å². The average Bonchev–Trinajstić information content (AvgIpc) is 2.88. The van der Waals surface area contributed by atoms with Gasteiger partial charge < -0.3 is 4.90 Å². The van der Waals surface area contributed by atoms with Crippen molar-refractivity contribution >= 4 is 17.7 Å². The normalized spacial score (nSPS) is 23.1. The summed E-state index contributed by atoms with van der Waals surface area (Å²) in [4.78, 5) is 40.8. The zero-order chi connectivity index (χ0) is 16.3. The number of aromatic nitrogens is 1. The summed E-state index contributed by atoms with van der Waals surface area (Å²) < 4.78 is 0. The Labute approximate surface area is 127 Å². The second-order valence-corrected chi connectivity index (χ2v) is 4.75. The van der Waals surface area contributed by atoms with Gasteiger partial charge >= 0.3 is 0 Å². The molecule has 2 aliphatic rings. The number of nitriles is 1. The number of nitrogens with one attached hydrogen (secondary N) is 1. The van der Waals surface area contributed by atoms with Gasteiger partial charge in [-0.1, -0.05) is 19.9 Å². The van der Waals surface area contributed by atoms with E-state index >= 15 is 0 Å². The highest BCUT2D eigenvalue weighted by atomic mass is 16.2. The first kappa shape index (κ1) is 15.6. The van der Waals surface area contributed by atoms with E-state index in [4.69, 9.17) is 0 Å². The maximum atomic E-state index is 12.3. The molecule has 0 spiro atoms. The Hall–Kier alpha value is -2.75. The minimum atomic E-state index is -1.63. The molecule has 3 rings (SSSR count). The number of carbonyl (C=O) groups is 3. The molecule has 3 heterocycles. The van der Waals surface area contributed by atoms with Gasteiger partial charge in [0.05, 0.1) is 6.54 Å². The van der Waals surface area contributed by atoms with E-state index in [9.17, 15) is 19.6 Å². The molecule has 0 aromatic carbocycles. The minimum Gasteiger partial charge on any atom is -0.306 e. The number of fused-ring (bicyclic) bond motifs is 1. The van der Waals surface area contributed by atoms with Gasteiger partial charge in [0, 0.05) is 24.6 Å². The number of nitrogens with zero attached hydrogens (tertiary/aromatic N) is 3. The topological polar surface area (TPSA) is 103 Å². The van der Waals surface area contributed by atoms with Crippen LogP contribution in [0.3, 0.4) is 0 Å². The predicted molar refractivity (Wildman–Crippen MR) is 76.2 cm³/mol. The number of hydrogen-bond acceptors (Lipinski definition) is 5. The molecule has 1 aromatic heterocycles. The third-order valence-corrected chi connectivity index (χ3v) is 3.66. The van der Waals surface area contributed by atoms with E-state index in [2.05, 4.69) is 10.3 Å². The van der Waals surface area contributed by atoms with Crippen molar-refractivity contribution in [2.45, 2.75) is 38.8 Å². The van der Waals surface area contributed by atoms with Gasteiger partial charge in [-0.3, -0.25) is 24.7 Å². The van der Waals surface area contributed by atoms with Gasteiger partial charge in [0.25, 0.3) is 11.8 Å². The molecule has 0 saturated carbocycles. The molecule has 1 N–H and O–H groups in total. The molecule has 7 heteroatoms. The molecule has 0 aliphatic carbocycles. The number of hydrogen-bond donors (Lipinski definition) is 1. The minimum absolute atomic E-state index is 0.00783. The average molecular weight is 300 g/mol. The van der Waals surface area contributed by atoms with Crippen LogP contribution in [0.4, 0.5) is 0 Å². The Balaban J connectivity index is 0.000000847. The van der Waals surface area contributed by atoms with Crippen molar-refractivity contribution in [3.8, 4) is 6.07 Å². The van der Waals surface area contributed by atoms with E-state index in [1.807, 2.05) is 19.9 Å². The van der Waals surface area contributed by atoms with Gasteiger partial charge in [-0.2, -0.15) is 5.26 Å². The molecule has 1 fully saturated rings. The Morgan fingerprint density at radius 1 is 1.36 bits per heavy atom. The van der Waals surface area contributed by atoms with Crippen molar-refractivity contribution in [1.29, 1.82) is 5.26 Å². The highest BCUT2D eigenvalue weighted by molar-refractivity contribution is 6.08. The fourth-order valence-electron chi connectivity index (χ4n) is 2.56. The van der Waals surface area contributed by atoms with Crippen molar-refractivity contribution in [3.63, 3.8) is 0 Å². The molecule has 2 aliphatic heterocycles. The van der Waals surface area contributed by atoms with Gasteiger partial charge in [0.15, 0.2) is 0 Å². The zero-order valence-electron chi connectivity index (χ0n) is 12.4. The maximum Gasteiger partial charge on any atom is 0.274 e. The van der Waals surface area contributed by atoms with Crippen molar-refractivity contribution in [3.05, 3.63) is 29.6 Å². The van der Waals surface area contributed by atoms with Crippen LogP contribution in [0.2, 0.25) is 0 Å². The lowest BCUT2D eigenvalue weighted by atomic mass is 9.88. The maximum absolute atomic E-state index is 12.3. The first-order valence-corrected chi connectivity index (χ1v) is 7.10.